The molecule has 2 aromatic rings. The fourth-order valence-electron chi connectivity index (χ4n) is 4.48. The lowest BCUT2D eigenvalue weighted by atomic mass is 9.66. The molecule has 1 unspecified atom stereocenters. The number of carbonyl (C=O) groups is 2. The van der Waals surface area contributed by atoms with Gasteiger partial charge in [0, 0.05) is 23.5 Å². The molecule has 0 bridgehead atoms. The number of ether oxygens (including phenoxy) is 1. The summed E-state index contributed by atoms with van der Waals surface area (Å²) < 4.78 is 43.9. The Morgan fingerprint density at radius 1 is 1.14 bits per heavy atom. The SMILES string of the molecule is CC(C)[C@@H](NC(=O)Oc1cccc(C(F)(F)F)c1)C(=O)N1CCC(O)(c2ccc(Cl)cc2)C(C)(C)C1. The van der Waals surface area contributed by atoms with Crippen LogP contribution in [0.2, 0.25) is 5.02 Å². The van der Waals surface area contributed by atoms with E-state index in [4.69, 9.17) is 16.3 Å². The number of alkyl halides is 3. The second kappa shape index (κ2) is 10.3. The highest BCUT2D eigenvalue weighted by Gasteiger charge is 2.50. The standard InChI is InChI=1S/C26H30ClF3N2O4/c1-16(2)21(31-23(34)36-20-7-5-6-18(14-20)26(28,29)30)22(33)32-13-12-25(35,24(3,4)15-32)17-8-10-19(27)11-9-17/h5-11,14,16,21,35H,12-13,15H2,1-4H3,(H,31,34)/t21-,25?/m1/s1. The predicted molar refractivity (Wildman–Crippen MR) is 130 cm³/mol. The van der Waals surface area contributed by atoms with Crippen molar-refractivity contribution in [3.63, 3.8) is 0 Å². The third-order valence-corrected chi connectivity index (χ3v) is 6.91. The van der Waals surface area contributed by atoms with Gasteiger partial charge in [-0.15, -0.1) is 0 Å². The molecule has 1 aliphatic heterocycles. The van der Waals surface area contributed by atoms with Gasteiger partial charge in [0.1, 0.15) is 11.8 Å². The van der Waals surface area contributed by atoms with E-state index in [1.807, 2.05) is 13.8 Å². The second-order valence-electron chi connectivity index (χ2n) is 10.0. The number of hydrogen-bond donors (Lipinski definition) is 2. The van der Waals surface area contributed by atoms with Gasteiger partial charge in [0.25, 0.3) is 0 Å². The lowest BCUT2D eigenvalue weighted by molar-refractivity contribution is -0.155. The van der Waals surface area contributed by atoms with E-state index < -0.39 is 34.9 Å². The first kappa shape index (κ1) is 27.8. The monoisotopic (exact) mass is 526 g/mol. The van der Waals surface area contributed by atoms with E-state index in [-0.39, 0.29) is 37.1 Å². The third kappa shape index (κ3) is 5.95. The van der Waals surface area contributed by atoms with Crippen LogP contribution < -0.4 is 10.1 Å². The molecule has 0 radical (unpaired) electrons. The van der Waals surface area contributed by atoms with E-state index in [2.05, 4.69) is 5.32 Å². The van der Waals surface area contributed by atoms with Crippen molar-refractivity contribution < 1.29 is 32.6 Å². The van der Waals surface area contributed by atoms with Gasteiger partial charge in [0.05, 0.1) is 11.2 Å². The molecule has 0 spiro atoms. The van der Waals surface area contributed by atoms with Gasteiger partial charge in [-0.2, -0.15) is 13.2 Å². The lowest BCUT2D eigenvalue weighted by Crippen LogP contribution is -2.60. The molecule has 36 heavy (non-hydrogen) atoms. The maximum absolute atomic E-state index is 13.4. The summed E-state index contributed by atoms with van der Waals surface area (Å²) in [4.78, 5) is 27.5. The Morgan fingerprint density at radius 2 is 1.78 bits per heavy atom. The molecule has 0 aromatic heterocycles. The highest BCUT2D eigenvalue weighted by molar-refractivity contribution is 6.30. The third-order valence-electron chi connectivity index (χ3n) is 6.66. The summed E-state index contributed by atoms with van der Waals surface area (Å²) in [6, 6.07) is 9.92. The Labute approximate surface area is 213 Å². The zero-order chi connectivity index (χ0) is 26.9. The van der Waals surface area contributed by atoms with Crippen molar-refractivity contribution in [2.45, 2.75) is 51.9 Å². The van der Waals surface area contributed by atoms with Crippen LogP contribution in [0.25, 0.3) is 0 Å². The minimum Gasteiger partial charge on any atom is -0.410 e. The summed E-state index contributed by atoms with van der Waals surface area (Å²) in [5.74, 6) is -0.978. The fourth-order valence-corrected chi connectivity index (χ4v) is 4.61. The minimum atomic E-state index is -4.58. The Bertz CT molecular complexity index is 1110. The quantitative estimate of drug-likeness (QED) is 0.530. The van der Waals surface area contributed by atoms with Crippen LogP contribution in [-0.4, -0.2) is 41.1 Å². The molecule has 2 amide bonds. The van der Waals surface area contributed by atoms with Crippen molar-refractivity contribution in [2.24, 2.45) is 11.3 Å². The summed E-state index contributed by atoms with van der Waals surface area (Å²) in [6.45, 7) is 7.67. The van der Waals surface area contributed by atoms with E-state index in [0.717, 1.165) is 18.2 Å². The lowest BCUT2D eigenvalue weighted by Gasteiger charge is -2.51. The number of hydrogen-bond acceptors (Lipinski definition) is 4. The van der Waals surface area contributed by atoms with E-state index in [0.29, 0.717) is 10.6 Å². The summed E-state index contributed by atoms with van der Waals surface area (Å²) in [6.07, 6.45) is -5.34. The summed E-state index contributed by atoms with van der Waals surface area (Å²) >= 11 is 5.99. The molecule has 196 valence electrons. The zero-order valence-corrected chi connectivity index (χ0v) is 21.3. The smallest absolute Gasteiger partial charge is 0.410 e. The molecule has 3 rings (SSSR count). The van der Waals surface area contributed by atoms with Gasteiger partial charge >= 0.3 is 12.3 Å². The molecule has 2 N–H and O–H groups in total. The second-order valence-corrected chi connectivity index (χ2v) is 10.5. The molecule has 0 saturated carbocycles. The van der Waals surface area contributed by atoms with Gasteiger partial charge < -0.3 is 20.1 Å². The number of halogens is 4. The van der Waals surface area contributed by atoms with Crippen LogP contribution in [-0.2, 0) is 16.6 Å². The number of amides is 2. The van der Waals surface area contributed by atoms with E-state index in [9.17, 15) is 27.9 Å². The van der Waals surface area contributed by atoms with Crippen LogP contribution in [0.3, 0.4) is 0 Å². The van der Waals surface area contributed by atoms with Gasteiger partial charge in [-0.3, -0.25) is 4.79 Å². The van der Waals surface area contributed by atoms with Crippen molar-refractivity contribution in [3.05, 3.63) is 64.7 Å². The maximum Gasteiger partial charge on any atom is 0.416 e. The van der Waals surface area contributed by atoms with Crippen LogP contribution >= 0.6 is 11.6 Å². The number of nitrogens with zero attached hydrogens (tertiary/aromatic N) is 1. The minimum absolute atomic E-state index is 0.221. The molecule has 1 fully saturated rings. The van der Waals surface area contributed by atoms with Crippen LogP contribution in [0.5, 0.6) is 5.75 Å². The normalized spacial score (nSPS) is 20.7. The number of benzene rings is 2. The van der Waals surface area contributed by atoms with E-state index >= 15 is 0 Å². The van der Waals surface area contributed by atoms with Crippen LogP contribution in [0.1, 0.15) is 45.2 Å². The zero-order valence-electron chi connectivity index (χ0n) is 20.5. The molecule has 1 heterocycles. The van der Waals surface area contributed by atoms with Crippen LogP contribution in [0.4, 0.5) is 18.0 Å². The average Bonchev–Trinajstić information content (AvgIpc) is 2.78. The molecular formula is C26H30ClF3N2O4. The molecule has 2 atom stereocenters. The Balaban J connectivity index is 1.71. The first-order valence-corrected chi connectivity index (χ1v) is 11.9. The number of aliphatic hydroxyl groups is 1. The average molecular weight is 527 g/mol. The predicted octanol–water partition coefficient (Wildman–Crippen LogP) is 5.62. The van der Waals surface area contributed by atoms with Crippen molar-refractivity contribution in [1.82, 2.24) is 10.2 Å². The molecule has 0 aliphatic carbocycles. The van der Waals surface area contributed by atoms with Gasteiger partial charge in [-0.25, -0.2) is 4.79 Å². The van der Waals surface area contributed by atoms with Crippen molar-refractivity contribution in [1.29, 1.82) is 0 Å². The van der Waals surface area contributed by atoms with Gasteiger partial charge in [0.15, 0.2) is 0 Å². The molecule has 1 aliphatic rings. The molecule has 2 aromatic carbocycles. The first-order valence-electron chi connectivity index (χ1n) is 11.6. The highest BCUT2D eigenvalue weighted by Crippen LogP contribution is 2.46. The van der Waals surface area contributed by atoms with Crippen LogP contribution in [0.15, 0.2) is 48.5 Å². The number of piperidine rings is 1. The number of likely N-dealkylation sites (tertiary alicyclic amines) is 1. The topological polar surface area (TPSA) is 78.9 Å². The molecule has 6 nitrogen and oxygen atoms in total. The Morgan fingerprint density at radius 3 is 2.33 bits per heavy atom. The fraction of sp³-hybridized carbons (Fsp3) is 0.462. The van der Waals surface area contributed by atoms with E-state index in [1.54, 1.807) is 43.0 Å². The number of nitrogens with one attached hydrogen (secondary N) is 1. The van der Waals surface area contributed by atoms with Gasteiger partial charge in [-0.1, -0.05) is 57.5 Å². The number of rotatable bonds is 5. The van der Waals surface area contributed by atoms with Gasteiger partial charge in [0.2, 0.25) is 5.91 Å². The Hall–Kier alpha value is -2.78. The summed E-state index contributed by atoms with van der Waals surface area (Å²) in [5.41, 5.74) is -2.17. The largest absolute Gasteiger partial charge is 0.416 e. The molecule has 1 saturated heterocycles. The molecular weight excluding hydrogens is 497 g/mol. The van der Waals surface area contributed by atoms with Gasteiger partial charge in [-0.05, 0) is 48.2 Å². The van der Waals surface area contributed by atoms with Crippen molar-refractivity contribution >= 4 is 23.6 Å². The van der Waals surface area contributed by atoms with Crippen LogP contribution in [0, 0.1) is 11.3 Å². The number of carbonyl (C=O) groups excluding carboxylic acids is 2. The summed E-state index contributed by atoms with van der Waals surface area (Å²) in [7, 11) is 0. The summed E-state index contributed by atoms with van der Waals surface area (Å²) in [5, 5.41) is 14.6. The van der Waals surface area contributed by atoms with E-state index in [1.165, 1.54) is 6.07 Å². The first-order chi connectivity index (χ1) is 16.6. The van der Waals surface area contributed by atoms with Crippen molar-refractivity contribution in [3.8, 4) is 5.75 Å². The maximum atomic E-state index is 13.4. The highest BCUT2D eigenvalue weighted by atomic mass is 35.5. The Kier molecular flexibility index (Phi) is 7.95. The van der Waals surface area contributed by atoms with Crippen molar-refractivity contribution in [2.75, 3.05) is 13.1 Å². The molecule has 10 heteroatoms.